The van der Waals surface area contributed by atoms with E-state index in [0.29, 0.717) is 5.71 Å². The molecule has 0 aliphatic carbocycles. The van der Waals surface area contributed by atoms with Crippen molar-refractivity contribution in [1.29, 1.82) is 0 Å². The Morgan fingerprint density at radius 2 is 2.04 bits per heavy atom. The van der Waals surface area contributed by atoms with Crippen LogP contribution in [0.5, 0.6) is 0 Å². The number of carbonyl (C=O) groups is 2. The van der Waals surface area contributed by atoms with Crippen LogP contribution in [0.2, 0.25) is 0 Å². The largest absolute Gasteiger partial charge is 0.481 e. The number of nitro benzene ring substituents is 1. The van der Waals surface area contributed by atoms with Crippen molar-refractivity contribution in [1.82, 2.24) is 5.43 Å². The van der Waals surface area contributed by atoms with Crippen LogP contribution in [0.1, 0.15) is 28.1 Å². The molecule has 0 spiro atoms. The number of amides is 1. The fourth-order valence-electron chi connectivity index (χ4n) is 1.85. The second-order valence-electron chi connectivity index (χ2n) is 4.68. The van der Waals surface area contributed by atoms with E-state index in [1.807, 2.05) is 5.38 Å². The second kappa shape index (κ2) is 7.97. The van der Waals surface area contributed by atoms with Gasteiger partial charge in [-0.3, -0.25) is 19.7 Å². The third-order valence-electron chi connectivity index (χ3n) is 2.99. The highest BCUT2D eigenvalue weighted by Crippen LogP contribution is 2.15. The van der Waals surface area contributed by atoms with E-state index in [-0.39, 0.29) is 24.1 Å². The van der Waals surface area contributed by atoms with Crippen LogP contribution in [0.3, 0.4) is 0 Å². The van der Waals surface area contributed by atoms with Gasteiger partial charge in [0.1, 0.15) is 0 Å². The first kappa shape index (κ1) is 17.3. The molecule has 0 bridgehead atoms. The summed E-state index contributed by atoms with van der Waals surface area (Å²) in [5.41, 5.74) is 2.65. The minimum absolute atomic E-state index is 0.0942. The van der Waals surface area contributed by atoms with Crippen LogP contribution >= 0.6 is 11.3 Å². The molecule has 0 aliphatic heterocycles. The summed E-state index contributed by atoms with van der Waals surface area (Å²) in [4.78, 5) is 33.7. The molecule has 1 aromatic carbocycles. The molecule has 0 aliphatic rings. The fraction of sp³-hybridized carbons (Fsp3) is 0.133. The van der Waals surface area contributed by atoms with Crippen molar-refractivity contribution in [2.24, 2.45) is 5.10 Å². The molecule has 124 valence electrons. The number of carboxylic acid groups (broad SMARTS) is 1. The van der Waals surface area contributed by atoms with Crippen molar-refractivity contribution in [3.05, 3.63) is 62.3 Å². The molecular formula is C15H13N3O5S. The summed E-state index contributed by atoms with van der Waals surface area (Å²) < 4.78 is 0. The van der Waals surface area contributed by atoms with E-state index >= 15 is 0 Å². The molecule has 9 heteroatoms. The highest BCUT2D eigenvalue weighted by atomic mass is 32.1. The number of hydrogen-bond acceptors (Lipinski definition) is 6. The van der Waals surface area contributed by atoms with Gasteiger partial charge >= 0.3 is 5.97 Å². The molecule has 2 rings (SSSR count). The zero-order valence-electron chi connectivity index (χ0n) is 12.3. The standard InChI is InChI=1S/C15H13N3O5S/c19-14(20)7-6-12(13-5-2-8-24-13)16-17-15(21)10-3-1-4-11(9-10)18(22)23/h1-5,8-9H,6-7H2,(H,17,21)(H,19,20)/b16-12+. The maximum atomic E-state index is 12.1. The maximum absolute atomic E-state index is 12.1. The zero-order valence-corrected chi connectivity index (χ0v) is 13.2. The molecule has 8 nitrogen and oxygen atoms in total. The molecule has 2 N–H and O–H groups in total. The maximum Gasteiger partial charge on any atom is 0.303 e. The number of nitro groups is 1. The number of benzene rings is 1. The van der Waals surface area contributed by atoms with Crippen molar-refractivity contribution >= 4 is 34.6 Å². The zero-order chi connectivity index (χ0) is 17.5. The van der Waals surface area contributed by atoms with Crippen LogP contribution in [0.15, 0.2) is 46.9 Å². The number of non-ortho nitro benzene ring substituents is 1. The van der Waals surface area contributed by atoms with Crippen LogP contribution in [0.4, 0.5) is 5.69 Å². The minimum atomic E-state index is -0.968. The molecule has 0 saturated heterocycles. The number of aliphatic carboxylic acids is 1. The molecule has 1 amide bonds. The first-order valence-electron chi connectivity index (χ1n) is 6.84. The molecule has 0 radical (unpaired) electrons. The lowest BCUT2D eigenvalue weighted by Crippen LogP contribution is -2.20. The lowest BCUT2D eigenvalue weighted by Gasteiger charge is -2.04. The van der Waals surface area contributed by atoms with Crippen LogP contribution in [0, 0.1) is 10.1 Å². The predicted molar refractivity (Wildman–Crippen MR) is 88.3 cm³/mol. The highest BCUT2D eigenvalue weighted by molar-refractivity contribution is 7.12. The lowest BCUT2D eigenvalue weighted by atomic mass is 10.2. The lowest BCUT2D eigenvalue weighted by molar-refractivity contribution is -0.384. The van der Waals surface area contributed by atoms with Gasteiger partial charge in [-0.15, -0.1) is 11.3 Å². The third kappa shape index (κ3) is 4.71. The van der Waals surface area contributed by atoms with Gasteiger partial charge in [0.05, 0.1) is 21.9 Å². The summed E-state index contributed by atoms with van der Waals surface area (Å²) in [7, 11) is 0. The van der Waals surface area contributed by atoms with Crippen molar-refractivity contribution in [2.75, 3.05) is 0 Å². The third-order valence-corrected chi connectivity index (χ3v) is 3.91. The van der Waals surface area contributed by atoms with E-state index in [4.69, 9.17) is 5.11 Å². The van der Waals surface area contributed by atoms with Gasteiger partial charge in [0, 0.05) is 24.1 Å². The van der Waals surface area contributed by atoms with E-state index < -0.39 is 16.8 Å². The van der Waals surface area contributed by atoms with E-state index in [0.717, 1.165) is 10.9 Å². The molecule has 24 heavy (non-hydrogen) atoms. The number of thiophene rings is 1. The number of hydrogen-bond donors (Lipinski definition) is 2. The topological polar surface area (TPSA) is 122 Å². The number of carbonyl (C=O) groups excluding carboxylic acids is 1. The van der Waals surface area contributed by atoms with E-state index in [9.17, 15) is 19.7 Å². The van der Waals surface area contributed by atoms with Crippen molar-refractivity contribution in [2.45, 2.75) is 12.8 Å². The Morgan fingerprint density at radius 1 is 1.25 bits per heavy atom. The Labute approximate surface area is 140 Å². The summed E-state index contributed by atoms with van der Waals surface area (Å²) in [6, 6.07) is 8.82. The highest BCUT2D eigenvalue weighted by Gasteiger charge is 2.12. The van der Waals surface area contributed by atoms with Gasteiger partial charge in [-0.05, 0) is 17.5 Å². The monoisotopic (exact) mass is 347 g/mol. The molecule has 1 aromatic heterocycles. The Hall–Kier alpha value is -3.07. The predicted octanol–water partition coefficient (Wildman–Crippen LogP) is 2.66. The number of hydrazone groups is 1. The Morgan fingerprint density at radius 3 is 2.67 bits per heavy atom. The van der Waals surface area contributed by atoms with Gasteiger partial charge in [0.2, 0.25) is 0 Å². The van der Waals surface area contributed by atoms with Gasteiger partial charge in [-0.2, -0.15) is 5.10 Å². The van der Waals surface area contributed by atoms with E-state index in [1.165, 1.54) is 29.5 Å². The molecule has 0 saturated carbocycles. The SMILES string of the molecule is O=C(O)CC/C(=N\NC(=O)c1cccc([N+](=O)[O-])c1)c1cccs1. The minimum Gasteiger partial charge on any atom is -0.481 e. The molecule has 0 atom stereocenters. The van der Waals surface area contributed by atoms with Crippen LogP contribution < -0.4 is 5.43 Å². The molecule has 2 aromatic rings. The Bertz CT molecular complexity index is 786. The summed E-state index contributed by atoms with van der Waals surface area (Å²) in [6.07, 6.45) is 0.0362. The normalized spacial score (nSPS) is 11.1. The van der Waals surface area contributed by atoms with Gasteiger partial charge in [-0.1, -0.05) is 12.1 Å². The molecular weight excluding hydrogens is 334 g/mol. The quantitative estimate of drug-likeness (QED) is 0.453. The van der Waals surface area contributed by atoms with Crippen LogP contribution in [0.25, 0.3) is 0 Å². The average molecular weight is 347 g/mol. The molecule has 0 unspecified atom stereocenters. The first-order chi connectivity index (χ1) is 11.5. The summed E-state index contributed by atoms with van der Waals surface area (Å²) in [5.74, 6) is -1.58. The van der Waals surface area contributed by atoms with Gasteiger partial charge < -0.3 is 5.11 Å². The summed E-state index contributed by atoms with van der Waals surface area (Å²) in [6.45, 7) is 0. The van der Waals surface area contributed by atoms with E-state index in [2.05, 4.69) is 10.5 Å². The Kier molecular flexibility index (Phi) is 5.74. The first-order valence-corrected chi connectivity index (χ1v) is 7.72. The summed E-state index contributed by atoms with van der Waals surface area (Å²) >= 11 is 1.37. The Balaban J connectivity index is 2.15. The van der Waals surface area contributed by atoms with Crippen LogP contribution in [-0.2, 0) is 4.79 Å². The average Bonchev–Trinajstić information content (AvgIpc) is 3.08. The smallest absolute Gasteiger partial charge is 0.303 e. The van der Waals surface area contributed by atoms with Crippen LogP contribution in [-0.4, -0.2) is 27.6 Å². The van der Waals surface area contributed by atoms with Crippen molar-refractivity contribution in [3.8, 4) is 0 Å². The second-order valence-corrected chi connectivity index (χ2v) is 5.63. The fourth-order valence-corrected chi connectivity index (χ4v) is 2.59. The number of nitrogens with one attached hydrogen (secondary N) is 1. The number of carboxylic acids is 1. The van der Waals surface area contributed by atoms with E-state index in [1.54, 1.807) is 12.1 Å². The molecule has 0 fully saturated rings. The molecule has 1 heterocycles. The van der Waals surface area contributed by atoms with Crippen molar-refractivity contribution < 1.29 is 19.6 Å². The number of nitrogens with zero attached hydrogens (tertiary/aromatic N) is 2. The van der Waals surface area contributed by atoms with Gasteiger partial charge in [-0.25, -0.2) is 5.43 Å². The van der Waals surface area contributed by atoms with Gasteiger partial charge in [0.15, 0.2) is 0 Å². The van der Waals surface area contributed by atoms with Crippen molar-refractivity contribution in [3.63, 3.8) is 0 Å². The number of rotatable bonds is 7. The van der Waals surface area contributed by atoms with Gasteiger partial charge in [0.25, 0.3) is 11.6 Å². The summed E-state index contributed by atoms with van der Waals surface area (Å²) in [5, 5.41) is 25.3.